The van der Waals surface area contributed by atoms with Gasteiger partial charge in [0, 0.05) is 13.2 Å². The zero-order chi connectivity index (χ0) is 20.7. The number of carbonyl (C=O) groups is 2. The van der Waals surface area contributed by atoms with Gasteiger partial charge in [-0.3, -0.25) is 9.59 Å². The lowest BCUT2D eigenvalue weighted by atomic mass is 9.76. The topological polar surface area (TPSA) is 61.8 Å². The summed E-state index contributed by atoms with van der Waals surface area (Å²) in [6.07, 6.45) is 5.16. The first-order valence-electron chi connectivity index (χ1n) is 10.6. The number of carbonyl (C=O) groups excluding carboxylic acids is 2. The molecular formula is C23H36O5. The average Bonchev–Trinajstić information content (AvgIpc) is 2.71. The molecule has 0 fully saturated rings. The second-order valence-corrected chi connectivity index (χ2v) is 6.97. The van der Waals surface area contributed by atoms with Gasteiger partial charge >= 0.3 is 11.9 Å². The van der Waals surface area contributed by atoms with Crippen LogP contribution in [0.2, 0.25) is 0 Å². The van der Waals surface area contributed by atoms with Crippen molar-refractivity contribution in [3.05, 3.63) is 35.9 Å². The third kappa shape index (κ3) is 7.27. The van der Waals surface area contributed by atoms with Crippen LogP contribution in [0.3, 0.4) is 0 Å². The number of benzene rings is 1. The first-order valence-corrected chi connectivity index (χ1v) is 10.6. The summed E-state index contributed by atoms with van der Waals surface area (Å²) < 4.78 is 16.6. The molecule has 0 N–H and O–H groups in total. The van der Waals surface area contributed by atoms with E-state index in [2.05, 4.69) is 0 Å². The zero-order valence-corrected chi connectivity index (χ0v) is 17.7. The van der Waals surface area contributed by atoms with Gasteiger partial charge in [0.2, 0.25) is 0 Å². The number of hydrogen-bond donors (Lipinski definition) is 0. The normalized spacial score (nSPS) is 11.2. The van der Waals surface area contributed by atoms with Crippen LogP contribution in [-0.4, -0.2) is 38.4 Å². The van der Waals surface area contributed by atoms with E-state index < -0.39 is 17.4 Å². The van der Waals surface area contributed by atoms with E-state index in [0.29, 0.717) is 44.8 Å². The molecule has 5 heteroatoms. The van der Waals surface area contributed by atoms with Crippen molar-refractivity contribution in [3.8, 4) is 0 Å². The lowest BCUT2D eigenvalue weighted by Crippen LogP contribution is -2.46. The molecule has 158 valence electrons. The van der Waals surface area contributed by atoms with Gasteiger partial charge in [0.15, 0.2) is 5.41 Å². The van der Waals surface area contributed by atoms with E-state index >= 15 is 0 Å². The van der Waals surface area contributed by atoms with Crippen LogP contribution in [-0.2, 0) is 29.2 Å². The summed E-state index contributed by atoms with van der Waals surface area (Å²) in [4.78, 5) is 26.3. The molecule has 1 aromatic rings. The van der Waals surface area contributed by atoms with Crippen molar-refractivity contribution in [2.45, 2.75) is 71.1 Å². The second-order valence-electron chi connectivity index (χ2n) is 6.97. The van der Waals surface area contributed by atoms with Gasteiger partial charge in [0.1, 0.15) is 0 Å². The van der Waals surface area contributed by atoms with Crippen molar-refractivity contribution in [1.29, 1.82) is 0 Å². The first kappa shape index (κ1) is 24.2. The van der Waals surface area contributed by atoms with Gasteiger partial charge in [0.05, 0.1) is 13.2 Å². The summed E-state index contributed by atoms with van der Waals surface area (Å²) >= 11 is 0. The van der Waals surface area contributed by atoms with E-state index in [1.807, 2.05) is 39.0 Å². The Morgan fingerprint density at radius 1 is 0.750 bits per heavy atom. The summed E-state index contributed by atoms with van der Waals surface area (Å²) in [5.41, 5.74) is -0.827. The largest absolute Gasteiger partial charge is 0.465 e. The fraction of sp³-hybridized carbons (Fsp3) is 0.652. The number of hydrogen-bond acceptors (Lipinski definition) is 5. The van der Waals surface area contributed by atoms with Crippen LogP contribution in [0.15, 0.2) is 30.3 Å². The number of esters is 2. The minimum absolute atomic E-state index is 0.302. The van der Waals surface area contributed by atoms with Crippen molar-refractivity contribution in [2.24, 2.45) is 0 Å². The summed E-state index contributed by atoms with van der Waals surface area (Å²) in [5.74, 6) is -1.05. The molecule has 0 aromatic heterocycles. The van der Waals surface area contributed by atoms with Crippen LogP contribution in [0, 0.1) is 0 Å². The number of ether oxygens (including phenoxy) is 3. The van der Waals surface area contributed by atoms with Gasteiger partial charge in [-0.2, -0.15) is 0 Å². The van der Waals surface area contributed by atoms with Crippen molar-refractivity contribution < 1.29 is 23.8 Å². The molecule has 0 heterocycles. The van der Waals surface area contributed by atoms with Crippen molar-refractivity contribution in [1.82, 2.24) is 0 Å². The molecule has 1 aromatic carbocycles. The molecule has 0 atom stereocenters. The third-order valence-corrected chi connectivity index (χ3v) is 4.61. The highest BCUT2D eigenvalue weighted by Crippen LogP contribution is 2.33. The summed E-state index contributed by atoms with van der Waals surface area (Å²) in [7, 11) is 0. The maximum atomic E-state index is 13.2. The van der Waals surface area contributed by atoms with E-state index in [0.717, 1.165) is 32.1 Å². The van der Waals surface area contributed by atoms with E-state index in [9.17, 15) is 9.59 Å². The van der Waals surface area contributed by atoms with Crippen molar-refractivity contribution >= 4 is 11.9 Å². The molecular weight excluding hydrogens is 356 g/mol. The van der Waals surface area contributed by atoms with E-state index in [1.165, 1.54) is 0 Å². The van der Waals surface area contributed by atoms with Crippen LogP contribution < -0.4 is 0 Å². The Balaban J connectivity index is 3.11. The van der Waals surface area contributed by atoms with Gasteiger partial charge in [-0.15, -0.1) is 0 Å². The highest BCUT2D eigenvalue weighted by molar-refractivity contribution is 6.06. The highest BCUT2D eigenvalue weighted by atomic mass is 16.6. The Morgan fingerprint density at radius 3 is 1.82 bits per heavy atom. The zero-order valence-electron chi connectivity index (χ0n) is 17.7. The van der Waals surface area contributed by atoms with Crippen LogP contribution in [0.5, 0.6) is 0 Å². The third-order valence-electron chi connectivity index (χ3n) is 4.61. The summed E-state index contributed by atoms with van der Waals surface area (Å²) in [6.45, 7) is 7.87. The number of unbranched alkanes of at least 4 members (excludes halogenated alkanes) is 2. The summed E-state index contributed by atoms with van der Waals surface area (Å²) in [6, 6.07) is 9.13. The summed E-state index contributed by atoms with van der Waals surface area (Å²) in [5, 5.41) is 0. The van der Waals surface area contributed by atoms with Gasteiger partial charge in [-0.05, 0) is 37.7 Å². The average molecular weight is 393 g/mol. The molecule has 0 aliphatic heterocycles. The highest BCUT2D eigenvalue weighted by Gasteiger charge is 2.50. The minimum Gasteiger partial charge on any atom is -0.465 e. The molecule has 0 saturated carbocycles. The predicted molar refractivity (Wildman–Crippen MR) is 110 cm³/mol. The van der Waals surface area contributed by atoms with Gasteiger partial charge in [-0.1, -0.05) is 63.9 Å². The van der Waals surface area contributed by atoms with Crippen LogP contribution in [0.4, 0.5) is 0 Å². The molecule has 1 rings (SSSR count). The molecule has 0 unspecified atom stereocenters. The molecule has 0 aliphatic carbocycles. The molecule has 0 saturated heterocycles. The Morgan fingerprint density at radius 2 is 1.32 bits per heavy atom. The van der Waals surface area contributed by atoms with E-state index in [1.54, 1.807) is 12.1 Å². The monoisotopic (exact) mass is 392 g/mol. The molecule has 5 nitrogen and oxygen atoms in total. The Labute approximate surface area is 169 Å². The SMILES string of the molecule is CCCCOC(=O)C(CCCOCCC)(C(=O)OCCCC)c1ccccc1. The molecule has 0 aliphatic rings. The second kappa shape index (κ2) is 14.2. The van der Waals surface area contributed by atoms with Gasteiger partial charge in [0.25, 0.3) is 0 Å². The molecule has 0 spiro atoms. The first-order chi connectivity index (χ1) is 13.6. The quantitative estimate of drug-likeness (QED) is 0.243. The Kier molecular flexibility index (Phi) is 12.2. The minimum atomic E-state index is -1.45. The number of rotatable bonds is 15. The van der Waals surface area contributed by atoms with Crippen molar-refractivity contribution in [3.63, 3.8) is 0 Å². The lowest BCUT2D eigenvalue weighted by Gasteiger charge is -2.30. The molecule has 0 bridgehead atoms. The molecule has 0 amide bonds. The van der Waals surface area contributed by atoms with Crippen LogP contribution in [0.1, 0.15) is 71.3 Å². The van der Waals surface area contributed by atoms with Gasteiger partial charge < -0.3 is 14.2 Å². The van der Waals surface area contributed by atoms with Crippen LogP contribution >= 0.6 is 0 Å². The predicted octanol–water partition coefficient (Wildman–Crippen LogP) is 4.82. The van der Waals surface area contributed by atoms with Gasteiger partial charge in [-0.25, -0.2) is 0 Å². The maximum absolute atomic E-state index is 13.2. The Hall–Kier alpha value is -1.88. The lowest BCUT2D eigenvalue weighted by molar-refractivity contribution is -0.166. The fourth-order valence-corrected chi connectivity index (χ4v) is 2.94. The molecule has 28 heavy (non-hydrogen) atoms. The fourth-order valence-electron chi connectivity index (χ4n) is 2.94. The van der Waals surface area contributed by atoms with E-state index in [4.69, 9.17) is 14.2 Å². The molecule has 0 radical (unpaired) electrons. The van der Waals surface area contributed by atoms with Crippen molar-refractivity contribution in [2.75, 3.05) is 26.4 Å². The van der Waals surface area contributed by atoms with Crippen LogP contribution in [0.25, 0.3) is 0 Å². The Bertz CT molecular complexity index is 533. The maximum Gasteiger partial charge on any atom is 0.328 e. The van der Waals surface area contributed by atoms with E-state index in [-0.39, 0.29) is 0 Å². The standard InChI is InChI=1S/C23H36O5/c1-4-7-18-27-21(24)23(15-12-17-26-16-6-3,20-13-10-9-11-14-20)22(25)28-19-8-5-2/h9-11,13-14H,4-8,12,15-19H2,1-3H3. The smallest absolute Gasteiger partial charge is 0.328 e.